The predicted octanol–water partition coefficient (Wildman–Crippen LogP) is 1.22. The number of rotatable bonds is 6. The van der Waals surface area contributed by atoms with E-state index in [0.29, 0.717) is 18.8 Å². The van der Waals surface area contributed by atoms with Crippen molar-refractivity contribution in [3.8, 4) is 0 Å². The third kappa shape index (κ3) is 3.55. The maximum atomic E-state index is 12.9. The summed E-state index contributed by atoms with van der Waals surface area (Å²) in [7, 11) is 3.20. The second kappa shape index (κ2) is 7.12. The fourth-order valence-corrected chi connectivity index (χ4v) is 3.17. The van der Waals surface area contributed by atoms with Crippen molar-refractivity contribution in [1.82, 2.24) is 20.0 Å². The third-order valence-electron chi connectivity index (χ3n) is 4.38. The first-order chi connectivity index (χ1) is 10.9. The van der Waals surface area contributed by atoms with Crippen LogP contribution in [-0.4, -0.2) is 59.3 Å². The van der Waals surface area contributed by atoms with Gasteiger partial charge in [0, 0.05) is 32.9 Å². The number of nitrogens with one attached hydrogen (secondary N) is 1. The molecular weight excluding hydrogens is 296 g/mol. The van der Waals surface area contributed by atoms with Crippen LogP contribution in [0.2, 0.25) is 0 Å². The number of hydrogen-bond acceptors (Lipinski definition) is 4. The van der Waals surface area contributed by atoms with E-state index in [9.17, 15) is 9.59 Å². The molecule has 0 radical (unpaired) electrons. The monoisotopic (exact) mass is 322 g/mol. The van der Waals surface area contributed by atoms with E-state index in [1.807, 2.05) is 20.0 Å². The average molecular weight is 322 g/mol. The van der Waals surface area contributed by atoms with Crippen LogP contribution in [0.4, 0.5) is 0 Å². The van der Waals surface area contributed by atoms with Gasteiger partial charge in [0.25, 0.3) is 5.91 Å². The van der Waals surface area contributed by atoms with Crippen LogP contribution in [0.3, 0.4) is 0 Å². The van der Waals surface area contributed by atoms with Gasteiger partial charge in [0.1, 0.15) is 5.69 Å². The molecule has 0 aromatic carbocycles. The number of amides is 2. The Bertz CT molecular complexity index is 569. The van der Waals surface area contributed by atoms with Gasteiger partial charge in [0.15, 0.2) is 0 Å². The van der Waals surface area contributed by atoms with E-state index < -0.39 is 5.54 Å². The maximum absolute atomic E-state index is 12.9. The summed E-state index contributed by atoms with van der Waals surface area (Å²) >= 11 is 0. The number of hydrogen-bond donors (Lipinski definition) is 1. The van der Waals surface area contributed by atoms with Crippen molar-refractivity contribution in [1.29, 1.82) is 0 Å². The van der Waals surface area contributed by atoms with Gasteiger partial charge < -0.3 is 15.0 Å². The molecule has 1 saturated heterocycles. The number of carbonyl (C=O) groups is 2. The number of aromatic nitrogens is 2. The molecule has 2 amide bonds. The highest BCUT2D eigenvalue weighted by Gasteiger charge is 2.45. The Morgan fingerprint density at radius 2 is 2.22 bits per heavy atom. The fourth-order valence-electron chi connectivity index (χ4n) is 3.17. The second-order valence-electron chi connectivity index (χ2n) is 6.34. The number of methoxy groups -OCH3 is 1. The van der Waals surface area contributed by atoms with E-state index in [1.165, 1.54) is 0 Å². The van der Waals surface area contributed by atoms with Crippen molar-refractivity contribution in [2.24, 2.45) is 0 Å². The minimum absolute atomic E-state index is 0.0885. The summed E-state index contributed by atoms with van der Waals surface area (Å²) < 4.78 is 7.10. The zero-order valence-electron chi connectivity index (χ0n) is 14.3. The first kappa shape index (κ1) is 17.5. The van der Waals surface area contributed by atoms with E-state index in [4.69, 9.17) is 4.74 Å². The second-order valence-corrected chi connectivity index (χ2v) is 6.34. The van der Waals surface area contributed by atoms with Gasteiger partial charge in [-0.15, -0.1) is 0 Å². The number of carbonyl (C=O) groups excluding carboxylic acids is 2. The molecule has 0 bridgehead atoms. The summed E-state index contributed by atoms with van der Waals surface area (Å²) in [6.45, 7) is 4.99. The van der Waals surface area contributed by atoms with Gasteiger partial charge in [-0.05, 0) is 32.8 Å². The molecule has 1 N–H and O–H groups in total. The van der Waals surface area contributed by atoms with Gasteiger partial charge >= 0.3 is 0 Å². The van der Waals surface area contributed by atoms with Crippen LogP contribution in [0.15, 0.2) is 12.3 Å². The topological polar surface area (TPSA) is 76.5 Å². The van der Waals surface area contributed by atoms with Gasteiger partial charge in [-0.25, -0.2) is 0 Å². The normalized spacial score (nSPS) is 21.0. The van der Waals surface area contributed by atoms with E-state index >= 15 is 0 Å². The Morgan fingerprint density at radius 3 is 2.78 bits per heavy atom. The van der Waals surface area contributed by atoms with Gasteiger partial charge in [-0.2, -0.15) is 5.10 Å². The van der Waals surface area contributed by atoms with Gasteiger partial charge in [-0.1, -0.05) is 0 Å². The van der Waals surface area contributed by atoms with Crippen molar-refractivity contribution in [3.63, 3.8) is 0 Å². The Labute approximate surface area is 137 Å². The van der Waals surface area contributed by atoms with Crippen molar-refractivity contribution in [2.75, 3.05) is 27.3 Å². The Morgan fingerprint density at radius 1 is 1.48 bits per heavy atom. The molecule has 7 heteroatoms. The van der Waals surface area contributed by atoms with Gasteiger partial charge in [0.05, 0.1) is 18.6 Å². The molecule has 1 aliphatic heterocycles. The van der Waals surface area contributed by atoms with Crippen molar-refractivity contribution >= 4 is 11.8 Å². The largest absolute Gasteiger partial charge is 0.382 e. The third-order valence-corrected chi connectivity index (χ3v) is 4.38. The minimum atomic E-state index is -0.590. The van der Waals surface area contributed by atoms with Crippen LogP contribution in [-0.2, 0) is 9.53 Å². The molecule has 1 aliphatic rings. The van der Waals surface area contributed by atoms with Crippen LogP contribution in [0.25, 0.3) is 0 Å². The molecular formula is C16H26N4O3. The summed E-state index contributed by atoms with van der Waals surface area (Å²) in [4.78, 5) is 26.6. The highest BCUT2D eigenvalue weighted by Crippen LogP contribution is 2.34. The lowest BCUT2D eigenvalue weighted by atomic mass is 9.92. The van der Waals surface area contributed by atoms with Crippen LogP contribution in [0, 0.1) is 0 Å². The molecule has 2 rings (SSSR count). The smallest absolute Gasteiger partial charge is 0.274 e. The molecule has 0 aliphatic carbocycles. The molecule has 1 fully saturated rings. The first-order valence-corrected chi connectivity index (χ1v) is 8.00. The molecule has 0 unspecified atom stereocenters. The molecule has 128 valence electrons. The fraction of sp³-hybridized carbons (Fsp3) is 0.688. The van der Waals surface area contributed by atoms with Crippen LogP contribution in [0.5, 0.6) is 0 Å². The zero-order chi connectivity index (χ0) is 17.0. The Kier molecular flexibility index (Phi) is 5.41. The lowest BCUT2D eigenvalue weighted by Crippen LogP contribution is -2.53. The molecule has 0 saturated carbocycles. The van der Waals surface area contributed by atoms with Crippen LogP contribution in [0.1, 0.15) is 49.6 Å². The Hall–Kier alpha value is -1.89. The maximum Gasteiger partial charge on any atom is 0.274 e. The van der Waals surface area contributed by atoms with E-state index in [0.717, 1.165) is 12.8 Å². The van der Waals surface area contributed by atoms with Crippen LogP contribution < -0.4 is 5.32 Å². The van der Waals surface area contributed by atoms with Crippen molar-refractivity contribution in [2.45, 2.75) is 44.7 Å². The quantitative estimate of drug-likeness (QED) is 0.854. The lowest BCUT2D eigenvalue weighted by Gasteiger charge is -2.37. The number of likely N-dealkylation sites (tertiary alicyclic amines) is 1. The summed E-state index contributed by atoms with van der Waals surface area (Å²) in [6, 6.07) is 1.93. The lowest BCUT2D eigenvalue weighted by molar-refractivity contribution is -0.123. The molecule has 2 heterocycles. The molecule has 1 aromatic heterocycles. The van der Waals surface area contributed by atoms with E-state index in [-0.39, 0.29) is 24.3 Å². The molecule has 23 heavy (non-hydrogen) atoms. The van der Waals surface area contributed by atoms with Crippen molar-refractivity contribution < 1.29 is 14.3 Å². The summed E-state index contributed by atoms with van der Waals surface area (Å²) in [5.74, 6) is -0.225. The standard InChI is InChI=1S/C16H26N4O3/c1-12(2)20-9-6-13(18-20)15(22)19-8-5-7-16(19,11-23-4)10-14(21)17-3/h6,9,12H,5,7-8,10-11H2,1-4H3,(H,17,21)/t16-/m0/s1. The van der Waals surface area contributed by atoms with Crippen molar-refractivity contribution in [3.05, 3.63) is 18.0 Å². The molecule has 1 aromatic rings. The summed E-state index contributed by atoms with van der Waals surface area (Å²) in [5, 5.41) is 7.00. The number of ether oxygens (including phenoxy) is 1. The van der Waals surface area contributed by atoms with Gasteiger partial charge in [0.2, 0.25) is 5.91 Å². The predicted molar refractivity (Wildman–Crippen MR) is 86.2 cm³/mol. The van der Waals surface area contributed by atoms with E-state index in [2.05, 4.69) is 10.4 Å². The average Bonchev–Trinajstić information content (AvgIpc) is 3.14. The van der Waals surface area contributed by atoms with Gasteiger partial charge in [-0.3, -0.25) is 14.3 Å². The van der Waals surface area contributed by atoms with Crippen LogP contribution >= 0.6 is 0 Å². The minimum Gasteiger partial charge on any atom is -0.382 e. The summed E-state index contributed by atoms with van der Waals surface area (Å²) in [5.41, 5.74) is -0.175. The summed E-state index contributed by atoms with van der Waals surface area (Å²) in [6.07, 6.45) is 3.67. The highest BCUT2D eigenvalue weighted by molar-refractivity contribution is 5.93. The zero-order valence-corrected chi connectivity index (χ0v) is 14.3. The SMILES string of the molecule is CNC(=O)C[C@]1(COC)CCCN1C(=O)c1ccn(C(C)C)n1. The highest BCUT2D eigenvalue weighted by atomic mass is 16.5. The first-order valence-electron chi connectivity index (χ1n) is 8.00. The number of nitrogens with zero attached hydrogens (tertiary/aromatic N) is 3. The Balaban J connectivity index is 2.26. The van der Waals surface area contributed by atoms with E-state index in [1.54, 1.807) is 29.8 Å². The molecule has 7 nitrogen and oxygen atoms in total. The molecule has 0 spiro atoms. The molecule has 1 atom stereocenters.